The summed E-state index contributed by atoms with van der Waals surface area (Å²) in [6.45, 7) is 0. The molecule has 0 aliphatic heterocycles. The Morgan fingerprint density at radius 3 is 2.66 bits per heavy atom. The fourth-order valence-corrected chi connectivity index (χ4v) is 3.68. The van der Waals surface area contributed by atoms with Crippen LogP contribution >= 0.6 is 0 Å². The van der Waals surface area contributed by atoms with Gasteiger partial charge in [0.2, 0.25) is 0 Å². The molecule has 0 amide bonds. The number of hydrogen-bond acceptors (Lipinski definition) is 6. The number of benzene rings is 1. The van der Waals surface area contributed by atoms with Gasteiger partial charge in [0.25, 0.3) is 0 Å². The van der Waals surface area contributed by atoms with Crippen LogP contribution in [-0.2, 0) is 6.18 Å². The van der Waals surface area contributed by atoms with Crippen molar-refractivity contribution in [1.82, 2.24) is 15.2 Å². The summed E-state index contributed by atoms with van der Waals surface area (Å²) >= 11 is 0. The number of aliphatic hydroxyl groups is 1. The minimum atomic E-state index is -4.55. The molecule has 0 saturated heterocycles. The van der Waals surface area contributed by atoms with Crippen LogP contribution in [0.3, 0.4) is 0 Å². The van der Waals surface area contributed by atoms with Crippen molar-refractivity contribution in [3.63, 3.8) is 0 Å². The van der Waals surface area contributed by atoms with Crippen molar-refractivity contribution in [2.75, 3.05) is 5.32 Å². The normalized spacial score (nSPS) is 20.0. The smallest absolute Gasteiger partial charge is 0.416 e. The Kier molecular flexibility index (Phi) is 4.99. The first-order valence-electron chi connectivity index (χ1n) is 9.29. The molecule has 2 aromatic heterocycles. The molecule has 0 spiro atoms. The van der Waals surface area contributed by atoms with Crippen LogP contribution in [0, 0.1) is 0 Å². The van der Waals surface area contributed by atoms with E-state index < -0.39 is 17.5 Å². The van der Waals surface area contributed by atoms with E-state index in [9.17, 15) is 23.4 Å². The van der Waals surface area contributed by atoms with Crippen LogP contribution < -0.4 is 5.32 Å². The van der Waals surface area contributed by atoms with Crippen molar-refractivity contribution < 1.29 is 23.4 Å². The molecular weight excluding hydrogens is 385 g/mol. The van der Waals surface area contributed by atoms with Crippen molar-refractivity contribution >= 4 is 16.7 Å². The first-order valence-corrected chi connectivity index (χ1v) is 9.29. The van der Waals surface area contributed by atoms with E-state index in [4.69, 9.17) is 0 Å². The quantitative estimate of drug-likeness (QED) is 0.608. The molecule has 1 fully saturated rings. The van der Waals surface area contributed by atoms with Gasteiger partial charge in [0.1, 0.15) is 17.0 Å². The van der Waals surface area contributed by atoms with E-state index in [0.717, 1.165) is 25.3 Å². The van der Waals surface area contributed by atoms with Crippen LogP contribution in [0.15, 0.2) is 36.5 Å². The Labute approximate surface area is 164 Å². The lowest BCUT2D eigenvalue weighted by Gasteiger charge is -2.27. The third kappa shape index (κ3) is 3.95. The van der Waals surface area contributed by atoms with Gasteiger partial charge in [-0.25, -0.2) is 0 Å². The van der Waals surface area contributed by atoms with Crippen LogP contribution in [0.5, 0.6) is 5.75 Å². The minimum absolute atomic E-state index is 0.0311. The van der Waals surface area contributed by atoms with E-state index in [0.29, 0.717) is 29.2 Å². The predicted octanol–water partition coefficient (Wildman–Crippen LogP) is 4.13. The molecule has 2 heterocycles. The summed E-state index contributed by atoms with van der Waals surface area (Å²) in [4.78, 5) is 4.35. The number of aromatic hydroxyl groups is 1. The second-order valence-electron chi connectivity index (χ2n) is 7.19. The van der Waals surface area contributed by atoms with Crippen molar-refractivity contribution in [3.05, 3.63) is 42.1 Å². The number of hydrogen-bond donors (Lipinski definition) is 3. The molecule has 0 radical (unpaired) electrons. The highest BCUT2D eigenvalue weighted by molar-refractivity contribution is 5.98. The van der Waals surface area contributed by atoms with Gasteiger partial charge in [-0.1, -0.05) is 0 Å². The second kappa shape index (κ2) is 7.47. The van der Waals surface area contributed by atoms with E-state index in [1.807, 2.05) is 0 Å². The Hall–Kier alpha value is -2.94. The number of nitrogens with one attached hydrogen (secondary N) is 1. The number of anilines is 1. The average molecular weight is 404 g/mol. The third-order valence-corrected chi connectivity index (χ3v) is 5.10. The predicted molar refractivity (Wildman–Crippen MR) is 101 cm³/mol. The number of aliphatic hydroxyl groups excluding tert-OH is 1. The first kappa shape index (κ1) is 19.4. The molecule has 3 N–H and O–H groups in total. The molecule has 1 aliphatic rings. The number of pyridine rings is 1. The molecule has 4 rings (SSSR count). The zero-order chi connectivity index (χ0) is 20.6. The summed E-state index contributed by atoms with van der Waals surface area (Å²) in [5.41, 5.74) is -0.0585. The highest BCUT2D eigenvalue weighted by Crippen LogP contribution is 2.38. The number of nitrogens with zero attached hydrogens (tertiary/aromatic N) is 3. The Morgan fingerprint density at radius 2 is 1.93 bits per heavy atom. The summed E-state index contributed by atoms with van der Waals surface area (Å²) in [6, 6.07) is 6.19. The number of fused-ring (bicyclic) bond motifs is 1. The zero-order valence-electron chi connectivity index (χ0n) is 15.3. The lowest BCUT2D eigenvalue weighted by Crippen LogP contribution is -2.30. The molecule has 2 atom stereocenters. The number of phenols is 1. The lowest BCUT2D eigenvalue weighted by molar-refractivity contribution is -0.137. The van der Waals surface area contributed by atoms with Crippen molar-refractivity contribution in [2.45, 2.75) is 44.0 Å². The van der Waals surface area contributed by atoms with E-state index in [2.05, 4.69) is 20.5 Å². The second-order valence-corrected chi connectivity index (χ2v) is 7.19. The highest BCUT2D eigenvalue weighted by Gasteiger charge is 2.31. The number of halogens is 3. The van der Waals surface area contributed by atoms with E-state index in [1.165, 1.54) is 6.07 Å². The lowest BCUT2D eigenvalue weighted by atomic mass is 9.93. The van der Waals surface area contributed by atoms with Gasteiger partial charge in [0.15, 0.2) is 5.82 Å². The van der Waals surface area contributed by atoms with Gasteiger partial charge in [-0.05, 0) is 56.0 Å². The Balaban J connectivity index is 1.74. The fourth-order valence-electron chi connectivity index (χ4n) is 3.68. The van der Waals surface area contributed by atoms with Gasteiger partial charge in [0, 0.05) is 23.2 Å². The molecule has 1 aromatic carbocycles. The number of alkyl halides is 3. The maximum absolute atomic E-state index is 12.9. The Bertz CT molecular complexity index is 1040. The van der Waals surface area contributed by atoms with Crippen LogP contribution in [0.25, 0.3) is 22.2 Å². The first-order chi connectivity index (χ1) is 13.8. The molecule has 2 unspecified atom stereocenters. The van der Waals surface area contributed by atoms with Crippen molar-refractivity contribution in [1.29, 1.82) is 0 Å². The average Bonchev–Trinajstić information content (AvgIpc) is 2.68. The minimum Gasteiger partial charge on any atom is -0.507 e. The molecule has 1 saturated carbocycles. The molecule has 6 nitrogen and oxygen atoms in total. The summed E-state index contributed by atoms with van der Waals surface area (Å²) < 4.78 is 38.6. The molecule has 9 heteroatoms. The van der Waals surface area contributed by atoms with Crippen LogP contribution in [-0.4, -0.2) is 37.5 Å². The third-order valence-electron chi connectivity index (χ3n) is 5.10. The molecule has 3 aromatic rings. The van der Waals surface area contributed by atoms with E-state index >= 15 is 0 Å². The number of aromatic nitrogens is 3. The standard InChI is InChI=1S/C20H19F3N4O2/c21-20(22,23)11-6-7-14(16(29)9-11)17-15-5-2-8-24-18(15)19(27-26-17)25-12-3-1-4-13(28)10-12/h2,5-9,12-13,28-29H,1,3-4,10H2,(H,25,27). The maximum atomic E-state index is 12.9. The zero-order valence-corrected chi connectivity index (χ0v) is 15.3. The molecule has 29 heavy (non-hydrogen) atoms. The Morgan fingerprint density at radius 1 is 1.10 bits per heavy atom. The van der Waals surface area contributed by atoms with Crippen LogP contribution in [0.4, 0.5) is 19.0 Å². The summed E-state index contributed by atoms with van der Waals surface area (Å²) in [7, 11) is 0. The van der Waals surface area contributed by atoms with Gasteiger partial charge in [-0.2, -0.15) is 13.2 Å². The molecular formula is C20H19F3N4O2. The highest BCUT2D eigenvalue weighted by atomic mass is 19.4. The summed E-state index contributed by atoms with van der Waals surface area (Å²) in [5, 5.41) is 32.2. The van der Waals surface area contributed by atoms with Gasteiger partial charge in [0.05, 0.1) is 11.7 Å². The maximum Gasteiger partial charge on any atom is 0.416 e. The largest absolute Gasteiger partial charge is 0.507 e. The SMILES string of the molecule is Oc1cc(C(F)(F)F)ccc1-c1nnc(NC2CCCC(O)C2)c2ncccc12. The van der Waals surface area contributed by atoms with E-state index in [-0.39, 0.29) is 23.4 Å². The van der Waals surface area contributed by atoms with Gasteiger partial charge >= 0.3 is 6.18 Å². The van der Waals surface area contributed by atoms with Crippen LogP contribution in [0.1, 0.15) is 31.2 Å². The van der Waals surface area contributed by atoms with Gasteiger partial charge < -0.3 is 15.5 Å². The fraction of sp³-hybridized carbons (Fsp3) is 0.350. The van der Waals surface area contributed by atoms with Gasteiger partial charge in [-0.15, -0.1) is 10.2 Å². The molecule has 0 bridgehead atoms. The summed E-state index contributed by atoms with van der Waals surface area (Å²) in [5.74, 6) is -0.0924. The van der Waals surface area contributed by atoms with Crippen molar-refractivity contribution in [3.8, 4) is 17.0 Å². The number of phenolic OH excluding ortho intramolecular Hbond substituents is 1. The van der Waals surface area contributed by atoms with Gasteiger partial charge in [-0.3, -0.25) is 4.98 Å². The summed E-state index contributed by atoms with van der Waals surface area (Å²) in [6.07, 6.45) is -0.182. The monoisotopic (exact) mass is 404 g/mol. The van der Waals surface area contributed by atoms with E-state index in [1.54, 1.807) is 18.3 Å². The van der Waals surface area contributed by atoms with Crippen LogP contribution in [0.2, 0.25) is 0 Å². The number of rotatable bonds is 3. The molecule has 152 valence electrons. The van der Waals surface area contributed by atoms with Crippen molar-refractivity contribution in [2.24, 2.45) is 0 Å². The molecule has 1 aliphatic carbocycles. The topological polar surface area (TPSA) is 91.2 Å².